The van der Waals surface area contributed by atoms with Crippen LogP contribution < -0.4 is 9.47 Å². The molecule has 10 heteroatoms. The Balaban J connectivity index is 1.25. The fourth-order valence-corrected chi connectivity index (χ4v) is 6.13. The summed E-state index contributed by atoms with van der Waals surface area (Å²) in [6.45, 7) is 0.0405. The van der Waals surface area contributed by atoms with E-state index < -0.39 is 0 Å². The largest absolute Gasteiger partial charge is 0.496 e. The van der Waals surface area contributed by atoms with Gasteiger partial charge in [-0.2, -0.15) is 0 Å². The zero-order chi connectivity index (χ0) is 30.5. The first-order valence-corrected chi connectivity index (χ1v) is 15.1. The van der Waals surface area contributed by atoms with Gasteiger partial charge in [-0.25, -0.2) is 0 Å². The lowest BCUT2D eigenvalue weighted by molar-refractivity contribution is -0.151. The number of esters is 2. The van der Waals surface area contributed by atoms with Gasteiger partial charge in [0.2, 0.25) is 0 Å². The van der Waals surface area contributed by atoms with Crippen LogP contribution in [0.3, 0.4) is 0 Å². The van der Waals surface area contributed by atoms with Gasteiger partial charge in [0.1, 0.15) is 22.9 Å². The molecule has 2 aromatic heterocycles. The van der Waals surface area contributed by atoms with Crippen molar-refractivity contribution in [2.24, 2.45) is 11.8 Å². The highest BCUT2D eigenvalue weighted by atomic mass is 16.6. The third-order valence-electron chi connectivity index (χ3n) is 8.50. The Kier molecular flexibility index (Phi) is 8.95. The van der Waals surface area contributed by atoms with Gasteiger partial charge >= 0.3 is 11.9 Å². The van der Waals surface area contributed by atoms with Gasteiger partial charge in [-0.15, -0.1) is 0 Å². The van der Waals surface area contributed by atoms with E-state index in [2.05, 4.69) is 10.3 Å². The summed E-state index contributed by atoms with van der Waals surface area (Å²) in [6.07, 6.45) is 7.74. The van der Waals surface area contributed by atoms with E-state index in [0.717, 1.165) is 68.1 Å². The van der Waals surface area contributed by atoms with Gasteiger partial charge in [0.15, 0.2) is 24.7 Å². The lowest BCUT2D eigenvalue weighted by Gasteiger charge is -2.14. The van der Waals surface area contributed by atoms with Crippen molar-refractivity contribution in [1.29, 1.82) is 0 Å². The Morgan fingerprint density at radius 1 is 0.705 bits per heavy atom. The first kappa shape index (κ1) is 29.5. The SMILES string of the molecule is COc1ccc(-c2cccc(OC)c2-c2cc(COC(=O)C3CCCC3)on2)cc1-c1cc(COC(=O)C2CCCC2)on1. The first-order chi connectivity index (χ1) is 21.5. The standard InChI is InChI=1S/C34H36N2O8/c1-39-30-15-14-23(16-27(30)28-17-24(43-35-28)19-41-33(37)21-8-3-4-9-21)26-12-7-13-31(40-2)32(26)29-18-25(44-36-29)20-42-34(38)22-10-5-6-11-22/h7,12-18,21-22H,3-6,8-11,19-20H2,1-2H3. The zero-order valence-corrected chi connectivity index (χ0v) is 25.0. The minimum atomic E-state index is -0.188. The van der Waals surface area contributed by atoms with Gasteiger partial charge in [-0.1, -0.05) is 54.2 Å². The molecule has 230 valence electrons. The predicted octanol–water partition coefficient (Wildman–Crippen LogP) is 7.15. The summed E-state index contributed by atoms with van der Waals surface area (Å²) in [7, 11) is 3.19. The summed E-state index contributed by atoms with van der Waals surface area (Å²) in [5.41, 5.74) is 4.22. The molecule has 2 saturated carbocycles. The van der Waals surface area contributed by atoms with Crippen LogP contribution in [0.4, 0.5) is 0 Å². The van der Waals surface area contributed by atoms with Crippen LogP contribution in [0.2, 0.25) is 0 Å². The third kappa shape index (κ3) is 6.34. The van der Waals surface area contributed by atoms with Crippen molar-refractivity contribution in [2.75, 3.05) is 14.2 Å². The summed E-state index contributed by atoms with van der Waals surface area (Å²) in [5.74, 6) is 1.67. The second-order valence-electron chi connectivity index (χ2n) is 11.3. The molecule has 44 heavy (non-hydrogen) atoms. The number of rotatable bonds is 11. The van der Waals surface area contributed by atoms with Gasteiger partial charge < -0.3 is 28.0 Å². The molecule has 0 atom stereocenters. The lowest BCUT2D eigenvalue weighted by atomic mass is 9.94. The highest BCUT2D eigenvalue weighted by Crippen LogP contribution is 2.42. The highest BCUT2D eigenvalue weighted by molar-refractivity contribution is 5.88. The fourth-order valence-electron chi connectivity index (χ4n) is 6.13. The van der Waals surface area contributed by atoms with Crippen LogP contribution in [0.15, 0.2) is 57.6 Å². The lowest BCUT2D eigenvalue weighted by Crippen LogP contribution is -2.14. The van der Waals surface area contributed by atoms with Crippen molar-refractivity contribution >= 4 is 11.9 Å². The van der Waals surface area contributed by atoms with E-state index in [9.17, 15) is 9.59 Å². The van der Waals surface area contributed by atoms with Crippen molar-refractivity contribution in [3.63, 3.8) is 0 Å². The second kappa shape index (κ2) is 13.4. The molecule has 2 heterocycles. The van der Waals surface area contributed by atoms with Gasteiger partial charge in [0, 0.05) is 17.7 Å². The third-order valence-corrected chi connectivity index (χ3v) is 8.50. The van der Waals surface area contributed by atoms with E-state index in [0.29, 0.717) is 40.0 Å². The molecule has 0 spiro atoms. The average Bonchev–Trinajstić information content (AvgIpc) is 3.89. The maximum Gasteiger partial charge on any atom is 0.309 e. The molecule has 4 aromatic rings. The second-order valence-corrected chi connectivity index (χ2v) is 11.3. The monoisotopic (exact) mass is 600 g/mol. The highest BCUT2D eigenvalue weighted by Gasteiger charge is 2.26. The smallest absolute Gasteiger partial charge is 0.309 e. The Labute approximate surface area is 255 Å². The average molecular weight is 601 g/mol. The molecule has 0 unspecified atom stereocenters. The van der Waals surface area contributed by atoms with Crippen molar-refractivity contribution in [3.05, 3.63) is 60.1 Å². The molecule has 6 rings (SSSR count). The molecule has 2 fully saturated rings. The van der Waals surface area contributed by atoms with E-state index in [1.165, 1.54) is 0 Å². The van der Waals surface area contributed by atoms with Crippen LogP contribution in [0.25, 0.3) is 33.6 Å². The van der Waals surface area contributed by atoms with Crippen LogP contribution in [0.1, 0.15) is 62.9 Å². The van der Waals surface area contributed by atoms with Gasteiger partial charge in [-0.3, -0.25) is 9.59 Å². The number of carbonyl (C=O) groups is 2. The van der Waals surface area contributed by atoms with E-state index in [-0.39, 0.29) is 37.0 Å². The van der Waals surface area contributed by atoms with Crippen LogP contribution >= 0.6 is 0 Å². The number of benzene rings is 2. The topological polar surface area (TPSA) is 123 Å². The Hall–Kier alpha value is -4.60. The molecule has 0 saturated heterocycles. The van der Waals surface area contributed by atoms with Crippen molar-refractivity contribution in [1.82, 2.24) is 10.3 Å². The first-order valence-electron chi connectivity index (χ1n) is 15.1. The number of aromatic nitrogens is 2. The van der Waals surface area contributed by atoms with Crippen molar-refractivity contribution in [3.8, 4) is 45.1 Å². The van der Waals surface area contributed by atoms with Crippen LogP contribution in [-0.4, -0.2) is 36.5 Å². The maximum atomic E-state index is 12.4. The van der Waals surface area contributed by atoms with Gasteiger partial charge in [0.25, 0.3) is 0 Å². The summed E-state index contributed by atoms with van der Waals surface area (Å²) in [6, 6.07) is 15.0. The minimum absolute atomic E-state index is 0.0178. The molecule has 0 radical (unpaired) electrons. The summed E-state index contributed by atoms with van der Waals surface area (Å²) in [5, 5.41) is 8.54. The van der Waals surface area contributed by atoms with Crippen molar-refractivity contribution in [2.45, 2.75) is 64.6 Å². The van der Waals surface area contributed by atoms with E-state index in [4.69, 9.17) is 28.0 Å². The summed E-state index contributed by atoms with van der Waals surface area (Å²) in [4.78, 5) is 24.8. The van der Waals surface area contributed by atoms with Crippen LogP contribution in [0, 0.1) is 11.8 Å². The molecule has 0 bridgehead atoms. The van der Waals surface area contributed by atoms with E-state index >= 15 is 0 Å². The Morgan fingerprint density at radius 3 is 1.86 bits per heavy atom. The quantitative estimate of drug-likeness (QED) is 0.164. The maximum absolute atomic E-state index is 12.4. The molecule has 10 nitrogen and oxygen atoms in total. The summed E-state index contributed by atoms with van der Waals surface area (Å²) < 4.78 is 33.5. The number of hydrogen-bond donors (Lipinski definition) is 0. The number of methoxy groups -OCH3 is 2. The van der Waals surface area contributed by atoms with E-state index in [1.54, 1.807) is 26.4 Å². The number of hydrogen-bond acceptors (Lipinski definition) is 10. The Bertz CT molecular complexity index is 1610. The predicted molar refractivity (Wildman–Crippen MR) is 159 cm³/mol. The molecule has 2 aliphatic carbocycles. The van der Waals surface area contributed by atoms with Gasteiger partial charge in [0.05, 0.1) is 31.6 Å². The molecule has 0 N–H and O–H groups in total. The van der Waals surface area contributed by atoms with E-state index in [1.807, 2.05) is 36.4 Å². The molecule has 0 aliphatic heterocycles. The normalized spacial score (nSPS) is 15.4. The van der Waals surface area contributed by atoms with Crippen molar-refractivity contribution < 1.29 is 37.6 Å². The van der Waals surface area contributed by atoms with Crippen LogP contribution in [0.5, 0.6) is 11.5 Å². The minimum Gasteiger partial charge on any atom is -0.496 e. The van der Waals surface area contributed by atoms with Gasteiger partial charge in [-0.05, 0) is 55.0 Å². The fraction of sp³-hybridized carbons (Fsp3) is 0.412. The summed E-state index contributed by atoms with van der Waals surface area (Å²) >= 11 is 0. The number of nitrogens with zero attached hydrogens (tertiary/aromatic N) is 2. The molecule has 2 aliphatic rings. The zero-order valence-electron chi connectivity index (χ0n) is 25.0. The molecule has 0 amide bonds. The number of carbonyl (C=O) groups excluding carboxylic acids is 2. The molecule has 2 aromatic carbocycles. The van der Waals surface area contributed by atoms with Crippen LogP contribution in [-0.2, 0) is 32.3 Å². The Morgan fingerprint density at radius 2 is 1.27 bits per heavy atom. The molecular formula is C34H36N2O8. The number of ether oxygens (including phenoxy) is 4. The molecular weight excluding hydrogens is 564 g/mol.